The average Bonchev–Trinajstić information content (AvgIpc) is 2.25. The quantitative estimate of drug-likeness (QED) is 0.310. The Balaban J connectivity index is 3.40. The van der Waals surface area contributed by atoms with Gasteiger partial charge in [0.25, 0.3) is 0 Å². The molecule has 0 aliphatic rings. The summed E-state index contributed by atoms with van der Waals surface area (Å²) in [5, 5.41) is 23.1. The zero-order chi connectivity index (χ0) is 11.5. The van der Waals surface area contributed by atoms with Gasteiger partial charge in [0.05, 0.1) is 19.3 Å². The van der Waals surface area contributed by atoms with Crippen LogP contribution in [-0.4, -0.2) is 54.1 Å². The van der Waals surface area contributed by atoms with Gasteiger partial charge in [-0.1, -0.05) is 0 Å². The van der Waals surface area contributed by atoms with E-state index in [0.29, 0.717) is 6.42 Å². The lowest BCUT2D eigenvalue weighted by Crippen LogP contribution is -2.40. The minimum Gasteiger partial charge on any atom is -0.394 e. The van der Waals surface area contributed by atoms with Crippen LogP contribution in [0.4, 0.5) is 0 Å². The van der Waals surface area contributed by atoms with Crippen molar-refractivity contribution in [3.63, 3.8) is 0 Å². The van der Waals surface area contributed by atoms with Crippen molar-refractivity contribution in [1.82, 2.24) is 10.6 Å². The monoisotopic (exact) mass is 236 g/mol. The zero-order valence-electron chi connectivity index (χ0n) is 9.03. The second-order valence-corrected chi connectivity index (χ2v) is 4.03. The summed E-state index contributed by atoms with van der Waals surface area (Å²) in [5.74, 6) is 0.756. The van der Waals surface area contributed by atoms with E-state index in [2.05, 4.69) is 10.6 Å². The summed E-state index contributed by atoms with van der Waals surface area (Å²) in [4.78, 5) is 11.2. The molecule has 0 aliphatic carbocycles. The Morgan fingerprint density at radius 2 is 2.07 bits per heavy atom. The summed E-state index contributed by atoms with van der Waals surface area (Å²) in [5.41, 5.74) is 0. The van der Waals surface area contributed by atoms with Gasteiger partial charge in [0.15, 0.2) is 0 Å². The fourth-order valence-electron chi connectivity index (χ4n) is 0.997. The van der Waals surface area contributed by atoms with Gasteiger partial charge in [-0.3, -0.25) is 4.79 Å². The predicted octanol–water partition coefficient (Wildman–Crippen LogP) is -0.854. The molecule has 5 nitrogen and oxygen atoms in total. The molecule has 4 N–H and O–H groups in total. The lowest BCUT2D eigenvalue weighted by Gasteiger charge is -2.13. The van der Waals surface area contributed by atoms with Crippen molar-refractivity contribution in [2.45, 2.75) is 18.9 Å². The van der Waals surface area contributed by atoms with Crippen molar-refractivity contribution in [1.29, 1.82) is 0 Å². The van der Waals surface area contributed by atoms with Crippen molar-refractivity contribution in [3.05, 3.63) is 0 Å². The van der Waals surface area contributed by atoms with Gasteiger partial charge in [-0.15, -0.1) is 11.8 Å². The third-order valence-corrected chi connectivity index (χ3v) is 2.30. The van der Waals surface area contributed by atoms with Gasteiger partial charge >= 0.3 is 0 Å². The van der Waals surface area contributed by atoms with Gasteiger partial charge in [-0.2, -0.15) is 0 Å². The van der Waals surface area contributed by atoms with E-state index < -0.39 is 6.04 Å². The molecule has 0 unspecified atom stereocenters. The summed E-state index contributed by atoms with van der Waals surface area (Å²) in [7, 11) is 0. The average molecular weight is 236 g/mol. The van der Waals surface area contributed by atoms with Crippen LogP contribution in [-0.2, 0) is 4.79 Å². The summed E-state index contributed by atoms with van der Waals surface area (Å²) in [6, 6.07) is -0.531. The van der Waals surface area contributed by atoms with Gasteiger partial charge in [0, 0.05) is 12.3 Å². The van der Waals surface area contributed by atoms with Crippen LogP contribution in [0, 0.1) is 0 Å². The predicted molar refractivity (Wildman–Crippen MR) is 61.7 cm³/mol. The molecule has 0 spiro atoms. The number of nitrogens with one attached hydrogen (secondary N) is 2. The Bertz CT molecular complexity index is 165. The Kier molecular flexibility index (Phi) is 10.0. The topological polar surface area (TPSA) is 81.6 Å². The molecular weight excluding hydrogens is 216 g/mol. The van der Waals surface area contributed by atoms with Crippen molar-refractivity contribution in [2.24, 2.45) is 0 Å². The molecule has 0 fully saturated rings. The van der Waals surface area contributed by atoms with Gasteiger partial charge in [0.1, 0.15) is 0 Å². The molecule has 0 aromatic rings. The normalized spacial score (nSPS) is 10.7. The molecule has 6 heteroatoms. The van der Waals surface area contributed by atoms with Gasteiger partial charge in [-0.05, 0) is 19.2 Å². The summed E-state index contributed by atoms with van der Waals surface area (Å²) < 4.78 is 0. The van der Waals surface area contributed by atoms with Gasteiger partial charge < -0.3 is 20.8 Å². The SMILES string of the molecule is CSCNCCCC(=O)NC(CO)CO. The minimum atomic E-state index is -0.531. The van der Waals surface area contributed by atoms with Gasteiger partial charge in [0.2, 0.25) is 5.91 Å². The number of carbonyl (C=O) groups is 1. The molecular formula is C9H20N2O3S. The molecule has 0 aromatic carbocycles. The number of aliphatic hydroxyl groups excluding tert-OH is 2. The maximum absolute atomic E-state index is 11.2. The first-order valence-electron chi connectivity index (χ1n) is 4.95. The summed E-state index contributed by atoms with van der Waals surface area (Å²) in [6.45, 7) is 0.344. The Morgan fingerprint density at radius 3 is 2.60 bits per heavy atom. The first-order valence-corrected chi connectivity index (χ1v) is 6.34. The van der Waals surface area contributed by atoms with E-state index in [1.54, 1.807) is 11.8 Å². The molecule has 1 amide bonds. The van der Waals surface area contributed by atoms with E-state index in [0.717, 1.165) is 18.8 Å². The van der Waals surface area contributed by atoms with Crippen molar-refractivity contribution < 1.29 is 15.0 Å². The molecule has 90 valence electrons. The molecule has 0 saturated carbocycles. The minimum absolute atomic E-state index is 0.131. The van der Waals surface area contributed by atoms with E-state index in [1.807, 2.05) is 6.26 Å². The molecule has 0 aromatic heterocycles. The van der Waals surface area contributed by atoms with Crippen molar-refractivity contribution in [3.8, 4) is 0 Å². The molecule has 0 bridgehead atoms. The molecule has 0 saturated heterocycles. The van der Waals surface area contributed by atoms with Crippen LogP contribution in [0.25, 0.3) is 0 Å². The Morgan fingerprint density at radius 1 is 1.40 bits per heavy atom. The number of thioether (sulfide) groups is 1. The van der Waals surface area contributed by atoms with Crippen LogP contribution in [0.1, 0.15) is 12.8 Å². The van der Waals surface area contributed by atoms with Crippen molar-refractivity contribution >= 4 is 17.7 Å². The van der Waals surface area contributed by atoms with Crippen molar-refractivity contribution in [2.75, 3.05) is 31.9 Å². The first kappa shape index (κ1) is 14.7. The fourth-order valence-corrected chi connectivity index (χ4v) is 1.35. The van der Waals surface area contributed by atoms with Crippen LogP contribution in [0.3, 0.4) is 0 Å². The maximum atomic E-state index is 11.2. The van der Waals surface area contributed by atoms with Gasteiger partial charge in [-0.25, -0.2) is 0 Å². The zero-order valence-corrected chi connectivity index (χ0v) is 9.85. The number of aliphatic hydroxyl groups is 2. The van der Waals surface area contributed by atoms with Crippen LogP contribution < -0.4 is 10.6 Å². The largest absolute Gasteiger partial charge is 0.394 e. The fraction of sp³-hybridized carbons (Fsp3) is 0.889. The van der Waals surface area contributed by atoms with Crippen LogP contribution in [0.5, 0.6) is 0 Å². The first-order chi connectivity index (χ1) is 7.24. The second-order valence-electron chi connectivity index (χ2n) is 3.17. The summed E-state index contributed by atoms with van der Waals surface area (Å²) >= 11 is 1.70. The highest BCUT2D eigenvalue weighted by Gasteiger charge is 2.08. The van der Waals surface area contributed by atoms with E-state index in [1.165, 1.54) is 0 Å². The van der Waals surface area contributed by atoms with Crippen LogP contribution in [0.2, 0.25) is 0 Å². The number of hydrogen-bond donors (Lipinski definition) is 4. The smallest absolute Gasteiger partial charge is 0.220 e. The van der Waals surface area contributed by atoms with Crippen LogP contribution in [0.15, 0.2) is 0 Å². The number of amides is 1. The lowest BCUT2D eigenvalue weighted by molar-refractivity contribution is -0.122. The van der Waals surface area contributed by atoms with E-state index in [9.17, 15) is 4.79 Å². The molecule has 0 heterocycles. The lowest BCUT2D eigenvalue weighted by atomic mass is 10.2. The summed E-state index contributed by atoms with van der Waals surface area (Å²) in [6.07, 6.45) is 3.18. The third kappa shape index (κ3) is 8.68. The number of hydrogen-bond acceptors (Lipinski definition) is 5. The highest BCUT2D eigenvalue weighted by atomic mass is 32.2. The molecule has 15 heavy (non-hydrogen) atoms. The molecule has 0 aliphatic heterocycles. The third-order valence-electron chi connectivity index (χ3n) is 1.81. The van der Waals surface area contributed by atoms with E-state index in [4.69, 9.17) is 10.2 Å². The highest BCUT2D eigenvalue weighted by Crippen LogP contribution is 1.91. The molecule has 0 atom stereocenters. The van der Waals surface area contributed by atoms with E-state index in [-0.39, 0.29) is 19.1 Å². The van der Waals surface area contributed by atoms with E-state index >= 15 is 0 Å². The van der Waals surface area contributed by atoms with Crippen LogP contribution >= 0.6 is 11.8 Å². The maximum Gasteiger partial charge on any atom is 0.220 e. The molecule has 0 rings (SSSR count). The molecule has 0 radical (unpaired) electrons. The highest BCUT2D eigenvalue weighted by molar-refractivity contribution is 7.98. The Labute approximate surface area is 94.6 Å². The number of carbonyl (C=O) groups excluding carboxylic acids is 1. The standard InChI is InChI=1S/C9H20N2O3S/c1-15-7-10-4-2-3-9(14)11-8(5-12)6-13/h8,10,12-13H,2-7H2,1H3,(H,11,14). The Hall–Kier alpha value is -0.300. The number of rotatable bonds is 9. The second kappa shape index (κ2) is 10.2.